The van der Waals surface area contributed by atoms with Crippen molar-refractivity contribution in [1.82, 2.24) is 10.3 Å². The highest BCUT2D eigenvalue weighted by Crippen LogP contribution is 2.50. The van der Waals surface area contributed by atoms with E-state index in [0.29, 0.717) is 25.2 Å². The van der Waals surface area contributed by atoms with Crippen LogP contribution in [0.5, 0.6) is 0 Å². The second-order valence-corrected chi connectivity index (χ2v) is 8.90. The fraction of sp³-hybridized carbons (Fsp3) is 0.333. The lowest BCUT2D eigenvalue weighted by Gasteiger charge is -2.37. The van der Waals surface area contributed by atoms with Gasteiger partial charge >= 0.3 is 0 Å². The lowest BCUT2D eigenvalue weighted by molar-refractivity contribution is -0.144. The zero-order chi connectivity index (χ0) is 24.7. The molecule has 1 N–H and O–H groups in total. The summed E-state index contributed by atoms with van der Waals surface area (Å²) in [6.07, 6.45) is 1.93. The van der Waals surface area contributed by atoms with Crippen molar-refractivity contribution in [3.8, 4) is 6.19 Å². The molecule has 0 radical (unpaired) electrons. The van der Waals surface area contributed by atoms with Crippen LogP contribution in [-0.4, -0.2) is 41.6 Å². The Morgan fingerprint density at radius 3 is 2.74 bits per heavy atom. The predicted molar refractivity (Wildman–Crippen MR) is 128 cm³/mol. The first-order chi connectivity index (χ1) is 16.3. The Labute approximate surface area is 201 Å². The lowest BCUT2D eigenvalue weighted by Crippen LogP contribution is -2.46. The largest absolute Gasteiger partial charge is 0.373 e. The van der Waals surface area contributed by atoms with E-state index in [4.69, 9.17) is 10.00 Å². The van der Waals surface area contributed by atoms with Gasteiger partial charge in [-0.15, -0.1) is 0 Å². The number of nitriles is 1. The Morgan fingerprint density at radius 2 is 2.06 bits per heavy atom. The molecule has 0 fully saturated rings. The zero-order valence-corrected chi connectivity index (χ0v) is 19.9. The minimum Gasteiger partial charge on any atom is -0.373 e. The molecule has 178 valence electrons. The summed E-state index contributed by atoms with van der Waals surface area (Å²) < 4.78 is 33.9. The van der Waals surface area contributed by atoms with E-state index in [0.717, 1.165) is 23.8 Å². The summed E-state index contributed by atoms with van der Waals surface area (Å²) in [6, 6.07) is 12.5. The maximum Gasteiger partial charge on any atom is 0.273 e. The number of amides is 1. The first-order valence-electron chi connectivity index (χ1n) is 10.6. The summed E-state index contributed by atoms with van der Waals surface area (Å²) in [6.45, 7) is 3.78. The molecule has 7 nitrogen and oxygen atoms in total. The predicted octanol–water partition coefficient (Wildman–Crippen LogP) is 4.36. The van der Waals surface area contributed by atoms with Gasteiger partial charge in [0.15, 0.2) is 0 Å². The van der Waals surface area contributed by atoms with Gasteiger partial charge < -0.3 is 10.1 Å². The quantitative estimate of drug-likeness (QED) is 0.260. The summed E-state index contributed by atoms with van der Waals surface area (Å²) in [5.74, 6) is -1.15. The maximum atomic E-state index is 14.7. The van der Waals surface area contributed by atoms with E-state index in [2.05, 4.69) is 15.4 Å². The van der Waals surface area contributed by atoms with Crippen molar-refractivity contribution in [2.45, 2.75) is 37.7 Å². The van der Waals surface area contributed by atoms with Gasteiger partial charge in [0, 0.05) is 19.2 Å². The number of methoxy groups -OCH3 is 1. The number of carbonyl (C=O) groups excluding carboxylic acids is 1. The zero-order valence-electron chi connectivity index (χ0n) is 19.1. The smallest absolute Gasteiger partial charge is 0.273 e. The van der Waals surface area contributed by atoms with Crippen molar-refractivity contribution in [2.24, 2.45) is 10.1 Å². The Bertz CT molecular complexity index is 1140. The second-order valence-electron chi connectivity index (χ2n) is 7.64. The van der Waals surface area contributed by atoms with Gasteiger partial charge in [-0.3, -0.25) is 4.79 Å². The van der Waals surface area contributed by atoms with Gasteiger partial charge in [0.2, 0.25) is 6.19 Å². The molecule has 0 aromatic heterocycles. The van der Waals surface area contributed by atoms with Crippen molar-refractivity contribution in [2.75, 3.05) is 13.7 Å². The molecule has 1 aliphatic rings. The Hall–Kier alpha value is -3.29. The highest BCUT2D eigenvalue weighted by molar-refractivity contribution is 8.15. The van der Waals surface area contributed by atoms with Crippen LogP contribution < -0.4 is 5.32 Å². The summed E-state index contributed by atoms with van der Waals surface area (Å²) >= 11 is 1.20. The molecule has 3 rings (SSSR count). The molecule has 1 heterocycles. The number of halogens is 2. The van der Waals surface area contributed by atoms with Crippen LogP contribution in [0.4, 0.5) is 8.78 Å². The number of carbonyl (C=O) groups is 1. The second kappa shape index (κ2) is 11.2. The van der Waals surface area contributed by atoms with E-state index in [1.165, 1.54) is 23.9 Å². The molecule has 2 aromatic rings. The number of amidine groups is 1. The molecule has 2 unspecified atom stereocenters. The molecule has 0 saturated carbocycles. The molecule has 0 saturated heterocycles. The first-order valence-corrected chi connectivity index (χ1v) is 11.5. The molecule has 1 amide bonds. The van der Waals surface area contributed by atoms with Crippen LogP contribution in [0.3, 0.4) is 0 Å². The van der Waals surface area contributed by atoms with Gasteiger partial charge in [0.25, 0.3) is 5.91 Å². The van der Waals surface area contributed by atoms with Gasteiger partial charge in [-0.25, -0.2) is 13.8 Å². The number of nitrogens with zero attached hydrogens (tertiary/aromatic N) is 4. The molecule has 34 heavy (non-hydrogen) atoms. The van der Waals surface area contributed by atoms with Crippen LogP contribution in [0, 0.1) is 23.1 Å². The summed E-state index contributed by atoms with van der Waals surface area (Å²) in [7, 11) is 1.42. The molecule has 0 aliphatic carbocycles. The van der Waals surface area contributed by atoms with Gasteiger partial charge in [0.05, 0.1) is 0 Å². The van der Waals surface area contributed by atoms with E-state index < -0.39 is 28.5 Å². The average Bonchev–Trinajstić information content (AvgIpc) is 3.23. The van der Waals surface area contributed by atoms with Crippen molar-refractivity contribution in [3.05, 3.63) is 71.3 Å². The average molecular weight is 486 g/mol. The van der Waals surface area contributed by atoms with E-state index in [1.807, 2.05) is 30.3 Å². The topological polar surface area (TPSA) is 90.1 Å². The third-order valence-corrected chi connectivity index (χ3v) is 6.83. The minimum atomic E-state index is -1.01. The SMILES string of the molecule is COC(C)C(=O)N1N=C(c2cc(F)ccc2F)SC1(CCCNC(C)=NC#N)c1ccccc1. The highest BCUT2D eigenvalue weighted by atomic mass is 32.2. The number of thioether (sulfide) groups is 1. The molecule has 2 aromatic carbocycles. The van der Waals surface area contributed by atoms with Crippen LogP contribution in [0.2, 0.25) is 0 Å². The van der Waals surface area contributed by atoms with E-state index >= 15 is 0 Å². The number of aliphatic imine (C=N–C) groups is 1. The molecule has 0 spiro atoms. The number of rotatable bonds is 8. The maximum absolute atomic E-state index is 14.7. The molecule has 10 heteroatoms. The monoisotopic (exact) mass is 485 g/mol. The fourth-order valence-corrected chi connectivity index (χ4v) is 4.98. The van der Waals surface area contributed by atoms with Gasteiger partial charge in [-0.1, -0.05) is 42.1 Å². The Balaban J connectivity index is 2.04. The van der Waals surface area contributed by atoms with Crippen LogP contribution in [-0.2, 0) is 14.4 Å². The lowest BCUT2D eigenvalue weighted by atomic mass is 9.99. The van der Waals surface area contributed by atoms with Crippen molar-refractivity contribution in [3.63, 3.8) is 0 Å². The van der Waals surface area contributed by atoms with Crippen molar-refractivity contribution < 1.29 is 18.3 Å². The number of hydrazone groups is 1. The van der Waals surface area contributed by atoms with E-state index in [1.54, 1.807) is 20.0 Å². The summed E-state index contributed by atoms with van der Waals surface area (Å²) in [4.78, 5) is 16.0. The Morgan fingerprint density at radius 1 is 1.32 bits per heavy atom. The van der Waals surface area contributed by atoms with Gasteiger partial charge in [0.1, 0.15) is 33.5 Å². The number of hydrogen-bond acceptors (Lipinski definition) is 6. The third kappa shape index (κ3) is 5.43. The summed E-state index contributed by atoms with van der Waals surface area (Å²) in [5.41, 5.74) is 0.774. The number of ether oxygens (including phenoxy) is 1. The van der Waals surface area contributed by atoms with Crippen LogP contribution in [0.15, 0.2) is 58.6 Å². The molecular formula is C24H25F2N5O2S. The number of nitrogens with one attached hydrogen (secondary N) is 1. The molecule has 1 aliphatic heterocycles. The first kappa shape index (κ1) is 25.3. The molecule has 2 atom stereocenters. The van der Waals surface area contributed by atoms with Crippen molar-refractivity contribution in [1.29, 1.82) is 5.26 Å². The van der Waals surface area contributed by atoms with Crippen LogP contribution >= 0.6 is 11.8 Å². The van der Waals surface area contributed by atoms with Gasteiger partial charge in [-0.05, 0) is 50.5 Å². The molecule has 0 bridgehead atoms. The fourth-order valence-electron chi connectivity index (χ4n) is 3.56. The van der Waals surface area contributed by atoms with E-state index in [9.17, 15) is 13.6 Å². The summed E-state index contributed by atoms with van der Waals surface area (Å²) in [5, 5.41) is 17.8. The molecular weight excluding hydrogens is 460 g/mol. The number of hydrogen-bond donors (Lipinski definition) is 1. The number of benzene rings is 2. The van der Waals surface area contributed by atoms with Crippen molar-refractivity contribution >= 4 is 28.5 Å². The van der Waals surface area contributed by atoms with Crippen LogP contribution in [0.1, 0.15) is 37.8 Å². The minimum absolute atomic E-state index is 0.0131. The highest BCUT2D eigenvalue weighted by Gasteiger charge is 2.49. The normalized spacial score (nSPS) is 18.9. The standard InChI is InChI=1S/C24H25F2N5O2S/c1-16(33-3)23(32)31-24(18-8-5-4-6-9-18,12-7-13-28-17(2)29-15-27)34-22(30-31)20-14-19(25)10-11-21(20)26/h4-6,8-11,14,16H,7,12-13H2,1-3H3,(H,28,29). The van der Waals surface area contributed by atoms with E-state index in [-0.39, 0.29) is 10.6 Å². The van der Waals surface area contributed by atoms with Crippen LogP contribution in [0.25, 0.3) is 0 Å². The van der Waals surface area contributed by atoms with Gasteiger partial charge in [-0.2, -0.15) is 15.4 Å². The Kier molecular flexibility index (Phi) is 8.36. The third-order valence-electron chi connectivity index (χ3n) is 5.38.